The number of hydrogen-bond donors (Lipinski definition) is 3. The largest absolute Gasteiger partial charge is 0.462 e. The molecule has 0 radical (unpaired) electrons. The van der Waals surface area contributed by atoms with Crippen LogP contribution in [-0.4, -0.2) is 64.6 Å². The van der Waals surface area contributed by atoms with Gasteiger partial charge in [0, 0.05) is 31.1 Å². The number of unbranched alkanes of at least 4 members (excludes halogenated alkanes) is 13. The van der Waals surface area contributed by atoms with Crippen LogP contribution < -0.4 is 0 Å². The van der Waals surface area contributed by atoms with Crippen LogP contribution in [0.25, 0.3) is 0 Å². The third kappa shape index (κ3) is 20.7. The van der Waals surface area contributed by atoms with Gasteiger partial charge in [-0.05, 0) is 32.1 Å². The van der Waals surface area contributed by atoms with Crippen LogP contribution in [-0.2, 0) is 23.9 Å². The van der Waals surface area contributed by atoms with E-state index in [-0.39, 0.29) is 37.1 Å². The molecule has 0 amide bonds. The zero-order chi connectivity index (χ0) is 33.1. The number of aliphatic hydroxyl groups is 3. The fraction of sp³-hybridized carbons (Fsp3) is 0.811. The second-order valence-electron chi connectivity index (χ2n) is 12.7. The summed E-state index contributed by atoms with van der Waals surface area (Å²) in [5.41, 5.74) is 0. The van der Waals surface area contributed by atoms with Crippen molar-refractivity contribution in [3.63, 3.8) is 0 Å². The van der Waals surface area contributed by atoms with Crippen LogP contribution in [0.4, 0.5) is 0 Å². The van der Waals surface area contributed by atoms with E-state index in [1.807, 2.05) is 12.2 Å². The summed E-state index contributed by atoms with van der Waals surface area (Å²) in [5.74, 6) is -1.41. The molecule has 1 saturated carbocycles. The molecule has 0 aromatic carbocycles. The van der Waals surface area contributed by atoms with E-state index in [4.69, 9.17) is 9.47 Å². The minimum atomic E-state index is -0.870. The first-order chi connectivity index (χ1) is 21.8. The fourth-order valence-electron chi connectivity index (χ4n) is 5.77. The van der Waals surface area contributed by atoms with Gasteiger partial charge >= 0.3 is 11.9 Å². The Bertz CT molecular complexity index is 838. The van der Waals surface area contributed by atoms with Gasteiger partial charge in [0.2, 0.25) is 0 Å². The van der Waals surface area contributed by atoms with Crippen molar-refractivity contribution in [1.29, 1.82) is 0 Å². The lowest BCUT2D eigenvalue weighted by Crippen LogP contribution is -2.28. The lowest BCUT2D eigenvalue weighted by atomic mass is 9.90. The number of esters is 2. The highest BCUT2D eigenvalue weighted by Crippen LogP contribution is 2.33. The summed E-state index contributed by atoms with van der Waals surface area (Å²) in [6.45, 7) is 3.79. The molecule has 0 unspecified atom stereocenters. The summed E-state index contributed by atoms with van der Waals surface area (Å²) < 4.78 is 10.5. The van der Waals surface area contributed by atoms with Gasteiger partial charge in [-0.25, -0.2) is 0 Å². The maximum absolute atomic E-state index is 12.4. The van der Waals surface area contributed by atoms with E-state index in [0.717, 1.165) is 38.5 Å². The van der Waals surface area contributed by atoms with Crippen molar-refractivity contribution in [2.24, 2.45) is 11.8 Å². The van der Waals surface area contributed by atoms with Crippen molar-refractivity contribution in [3.8, 4) is 0 Å². The number of ether oxygens (including phenoxy) is 2. The molecule has 0 bridgehead atoms. The lowest BCUT2D eigenvalue weighted by molar-refractivity contribution is -0.161. The smallest absolute Gasteiger partial charge is 0.306 e. The molecular weight excluding hydrogens is 572 g/mol. The molecular formula is C37H64O8. The molecule has 5 atom stereocenters. The highest BCUT2D eigenvalue weighted by molar-refractivity contribution is 5.86. The van der Waals surface area contributed by atoms with Crippen molar-refractivity contribution in [1.82, 2.24) is 0 Å². The van der Waals surface area contributed by atoms with E-state index in [9.17, 15) is 29.7 Å². The Morgan fingerprint density at radius 3 is 2.09 bits per heavy atom. The van der Waals surface area contributed by atoms with Crippen molar-refractivity contribution >= 4 is 17.7 Å². The molecule has 0 heterocycles. The summed E-state index contributed by atoms with van der Waals surface area (Å²) in [4.78, 5) is 36.7. The molecule has 0 aromatic rings. The minimum absolute atomic E-state index is 0.00106. The SMILES string of the molecule is CCCCCCCCCCCCCC(=O)OC[C@H](CO)OC(=O)CCC/C=C\C[C@H]1[C@@H](O)CC(=O)[C@@H]1/C=C/[C@@H](O)CCCCC. The Morgan fingerprint density at radius 2 is 1.44 bits per heavy atom. The van der Waals surface area contributed by atoms with Crippen LogP contribution >= 0.6 is 0 Å². The van der Waals surface area contributed by atoms with Gasteiger partial charge in [0.05, 0.1) is 18.8 Å². The Labute approximate surface area is 273 Å². The monoisotopic (exact) mass is 636 g/mol. The number of carbonyl (C=O) groups excluding carboxylic acids is 3. The standard InChI is InChI=1S/C37H64O8/c1-3-5-7-8-9-10-11-12-13-14-19-23-36(42)44-29-31(28-38)45-37(43)24-20-16-15-18-22-32-33(35(41)27-34(32)40)26-25-30(39)21-17-6-4-2/h15,18,25-26,30-34,38-40H,3-14,16-17,19-24,27-29H2,1-2H3/b18-15-,26-25+/t30-,31-,32+,33+,34-/m0/s1. The van der Waals surface area contributed by atoms with E-state index in [1.165, 1.54) is 51.4 Å². The second kappa shape index (κ2) is 27.1. The highest BCUT2D eigenvalue weighted by atomic mass is 16.6. The number of ketones is 1. The molecule has 260 valence electrons. The van der Waals surface area contributed by atoms with E-state index in [2.05, 4.69) is 13.8 Å². The van der Waals surface area contributed by atoms with Crippen molar-refractivity contribution in [3.05, 3.63) is 24.3 Å². The van der Waals surface area contributed by atoms with Crippen LogP contribution in [0.15, 0.2) is 24.3 Å². The number of rotatable bonds is 28. The number of carbonyl (C=O) groups is 3. The number of allylic oxidation sites excluding steroid dienone is 3. The first-order valence-corrected chi connectivity index (χ1v) is 18.0. The first kappa shape index (κ1) is 41.0. The zero-order valence-corrected chi connectivity index (χ0v) is 28.3. The quantitative estimate of drug-likeness (QED) is 0.0463. The van der Waals surface area contributed by atoms with Crippen LogP contribution in [0.5, 0.6) is 0 Å². The van der Waals surface area contributed by atoms with Gasteiger partial charge in [-0.3, -0.25) is 14.4 Å². The zero-order valence-electron chi connectivity index (χ0n) is 28.3. The maximum atomic E-state index is 12.4. The van der Waals surface area contributed by atoms with Gasteiger partial charge in [0.15, 0.2) is 6.10 Å². The lowest BCUT2D eigenvalue weighted by Gasteiger charge is -2.17. The van der Waals surface area contributed by atoms with Crippen LogP contribution in [0.1, 0.15) is 149 Å². The van der Waals surface area contributed by atoms with Crippen LogP contribution in [0.3, 0.4) is 0 Å². The van der Waals surface area contributed by atoms with Gasteiger partial charge in [0.1, 0.15) is 12.4 Å². The molecule has 45 heavy (non-hydrogen) atoms. The molecule has 8 nitrogen and oxygen atoms in total. The Balaban J connectivity index is 2.19. The first-order valence-electron chi connectivity index (χ1n) is 18.0. The van der Waals surface area contributed by atoms with E-state index in [0.29, 0.717) is 32.1 Å². The average Bonchev–Trinajstić information content (AvgIpc) is 3.29. The third-order valence-corrected chi connectivity index (χ3v) is 8.62. The molecule has 0 aliphatic heterocycles. The fourth-order valence-corrected chi connectivity index (χ4v) is 5.77. The number of aliphatic hydroxyl groups excluding tert-OH is 3. The Morgan fingerprint density at radius 1 is 0.844 bits per heavy atom. The molecule has 1 aliphatic carbocycles. The molecule has 3 N–H and O–H groups in total. The van der Waals surface area contributed by atoms with Crippen LogP contribution in [0.2, 0.25) is 0 Å². The minimum Gasteiger partial charge on any atom is -0.462 e. The van der Waals surface area contributed by atoms with Crippen LogP contribution in [0, 0.1) is 11.8 Å². The highest BCUT2D eigenvalue weighted by Gasteiger charge is 2.39. The van der Waals surface area contributed by atoms with Gasteiger partial charge in [-0.1, -0.05) is 122 Å². The predicted octanol–water partition coefficient (Wildman–Crippen LogP) is 7.31. The molecule has 1 aliphatic rings. The summed E-state index contributed by atoms with van der Waals surface area (Å²) in [6.07, 6.45) is 24.5. The molecule has 8 heteroatoms. The van der Waals surface area contributed by atoms with Gasteiger partial charge in [-0.15, -0.1) is 0 Å². The summed E-state index contributed by atoms with van der Waals surface area (Å²) in [5, 5.41) is 30.1. The van der Waals surface area contributed by atoms with Gasteiger partial charge in [0.25, 0.3) is 0 Å². The summed E-state index contributed by atoms with van der Waals surface area (Å²) in [7, 11) is 0. The second-order valence-corrected chi connectivity index (χ2v) is 12.7. The van der Waals surface area contributed by atoms with Crippen molar-refractivity contribution in [2.75, 3.05) is 13.2 Å². The predicted molar refractivity (Wildman–Crippen MR) is 179 cm³/mol. The number of Topliss-reactive ketones (excluding diaryl/α,β-unsaturated/α-hetero) is 1. The Kier molecular flexibility index (Phi) is 24.7. The summed E-state index contributed by atoms with van der Waals surface area (Å²) >= 11 is 0. The van der Waals surface area contributed by atoms with Crippen molar-refractivity contribution in [2.45, 2.75) is 167 Å². The maximum Gasteiger partial charge on any atom is 0.306 e. The van der Waals surface area contributed by atoms with E-state index < -0.39 is 36.8 Å². The average molecular weight is 637 g/mol. The molecule has 0 spiro atoms. The van der Waals surface area contributed by atoms with Gasteiger partial charge < -0.3 is 24.8 Å². The molecule has 1 rings (SSSR count). The van der Waals surface area contributed by atoms with Gasteiger partial charge in [-0.2, -0.15) is 0 Å². The number of hydrogen-bond acceptors (Lipinski definition) is 8. The molecule has 0 aromatic heterocycles. The van der Waals surface area contributed by atoms with Crippen molar-refractivity contribution < 1.29 is 39.2 Å². The Hall–Kier alpha value is -2.03. The molecule has 1 fully saturated rings. The normalized spacial score (nSPS) is 19.8. The third-order valence-electron chi connectivity index (χ3n) is 8.62. The van der Waals surface area contributed by atoms with E-state index in [1.54, 1.807) is 12.2 Å². The molecule has 0 saturated heterocycles. The van der Waals surface area contributed by atoms with E-state index >= 15 is 0 Å². The summed E-state index contributed by atoms with van der Waals surface area (Å²) in [6, 6.07) is 0. The topological polar surface area (TPSA) is 130 Å².